The summed E-state index contributed by atoms with van der Waals surface area (Å²) in [6.45, 7) is 27.8. The van der Waals surface area contributed by atoms with Crippen LogP contribution in [0.5, 0.6) is 23.0 Å². The van der Waals surface area contributed by atoms with Crippen molar-refractivity contribution < 1.29 is 35.7 Å². The average molecular weight is 875 g/mol. The van der Waals surface area contributed by atoms with Crippen LogP contribution in [-0.4, -0.2) is 55.6 Å². The number of methoxy groups -OCH3 is 4. The van der Waals surface area contributed by atoms with Gasteiger partial charge in [0, 0.05) is 71.0 Å². The van der Waals surface area contributed by atoms with Gasteiger partial charge >= 0.3 is 16.3 Å². The zero-order valence-electron chi connectivity index (χ0n) is 39.8. The molecular formula is C49H68N2O8P2. The van der Waals surface area contributed by atoms with E-state index in [1.807, 2.05) is 0 Å². The Morgan fingerprint density at radius 2 is 0.607 bits per heavy atom. The molecule has 0 radical (unpaired) electrons. The third kappa shape index (κ3) is 9.59. The Kier molecular flexibility index (Phi) is 13.0. The minimum Gasteiger partial charge on any atom is -0.497 e. The van der Waals surface area contributed by atoms with E-state index in [1.54, 1.807) is 28.4 Å². The van der Waals surface area contributed by atoms with E-state index in [9.17, 15) is 0 Å². The second-order valence-corrected chi connectivity index (χ2v) is 23.2. The van der Waals surface area contributed by atoms with Crippen LogP contribution in [-0.2, 0) is 21.7 Å². The molecule has 0 spiro atoms. The van der Waals surface area contributed by atoms with Crippen LogP contribution in [0, 0.1) is 0 Å². The van der Waals surface area contributed by atoms with Crippen LogP contribution in [0.2, 0.25) is 0 Å². The zero-order valence-corrected chi connectivity index (χ0v) is 41.6. The van der Waals surface area contributed by atoms with Crippen molar-refractivity contribution in [3.63, 3.8) is 0 Å². The Bertz CT molecular complexity index is 2300. The predicted octanol–water partition coefficient (Wildman–Crippen LogP) is 14.3. The second-order valence-electron chi connectivity index (χ2n) is 20.2. The number of ether oxygens (including phenoxy) is 4. The van der Waals surface area contributed by atoms with Crippen molar-refractivity contribution >= 4 is 60.2 Å². The summed E-state index contributed by atoms with van der Waals surface area (Å²) in [5, 5.41) is 3.69. The van der Waals surface area contributed by atoms with Crippen LogP contribution in [0.1, 0.15) is 112 Å². The maximum atomic E-state index is 7.09. The lowest BCUT2D eigenvalue weighted by Gasteiger charge is -2.21. The standard InChI is InChI=1S/C49H68N2O8P2/c1-46(2,3)38-26-30(52-15)22-34-35-23-31(53-16)27-39(47(4,5)6)43(35)57-60(56-42(34)38)50(13)20-19-21-51(14)61-58-44-36(24-32(54-17)28-40(44)48(7,8)9)37-25-33(55-18)29-41(45(37)59-61)49(10,11)12/h22-29H,19-21H2,1-18H3. The first-order chi connectivity index (χ1) is 28.4. The van der Waals surface area contributed by atoms with Gasteiger partial charge < -0.3 is 35.7 Å². The first-order valence-electron chi connectivity index (χ1n) is 21.0. The molecule has 61 heavy (non-hydrogen) atoms. The van der Waals surface area contributed by atoms with Crippen molar-refractivity contribution in [1.82, 2.24) is 0 Å². The van der Waals surface area contributed by atoms with Crippen LogP contribution in [0.15, 0.2) is 65.3 Å². The van der Waals surface area contributed by atoms with Crippen molar-refractivity contribution in [3.05, 3.63) is 70.8 Å². The van der Waals surface area contributed by atoms with E-state index in [0.717, 1.165) is 95.5 Å². The van der Waals surface area contributed by atoms with E-state index in [4.69, 9.17) is 35.7 Å². The molecule has 0 fully saturated rings. The van der Waals surface area contributed by atoms with Gasteiger partial charge in [-0.1, -0.05) is 83.1 Å². The van der Waals surface area contributed by atoms with Gasteiger partial charge in [-0.05, 0) is 76.6 Å². The third-order valence-electron chi connectivity index (χ3n) is 11.2. The number of hydrogen-bond acceptors (Lipinski definition) is 10. The maximum Gasteiger partial charge on any atom is 0.309 e. The van der Waals surface area contributed by atoms with Crippen LogP contribution in [0.3, 0.4) is 0 Å². The summed E-state index contributed by atoms with van der Waals surface area (Å²) in [4.78, 5) is 0. The maximum absolute atomic E-state index is 7.09. The summed E-state index contributed by atoms with van der Waals surface area (Å²) < 4.78 is 56.3. The van der Waals surface area contributed by atoms with Crippen LogP contribution in [0.25, 0.3) is 43.9 Å². The SMILES string of the molecule is COc1cc(C(C)(C)C)c2op(N(C)CCCN(C)p3oc4c(C(C)(C)C)cc(OC)cc4c4cc(OC)cc(C(C)(C)C)c4o3)oc3c(C(C)(C)C)cc(OC)cc3c2c1. The quantitative estimate of drug-likeness (QED) is 0.132. The molecule has 0 bridgehead atoms. The van der Waals surface area contributed by atoms with E-state index in [-0.39, 0.29) is 21.7 Å². The molecule has 10 nitrogen and oxygen atoms in total. The monoisotopic (exact) mass is 874 g/mol. The van der Waals surface area contributed by atoms with E-state index in [0.29, 0.717) is 13.1 Å². The first-order valence-corrected chi connectivity index (χ1v) is 23.3. The molecule has 0 saturated carbocycles. The molecule has 0 aliphatic rings. The molecule has 0 aliphatic heterocycles. The van der Waals surface area contributed by atoms with Crippen LogP contribution < -0.4 is 28.3 Å². The fourth-order valence-electron chi connectivity index (χ4n) is 7.62. The highest BCUT2D eigenvalue weighted by atomic mass is 31.1. The summed E-state index contributed by atoms with van der Waals surface area (Å²) in [7, 11) is 7.79. The summed E-state index contributed by atoms with van der Waals surface area (Å²) in [5.41, 5.74) is 6.40. The van der Waals surface area contributed by atoms with Gasteiger partial charge in [0.25, 0.3) is 0 Å². The topological polar surface area (TPSA) is 96.0 Å². The van der Waals surface area contributed by atoms with E-state index < -0.39 is 16.3 Å². The number of benzene rings is 4. The molecule has 4 aromatic carbocycles. The van der Waals surface area contributed by atoms with Crippen molar-refractivity contribution in [2.45, 2.75) is 111 Å². The van der Waals surface area contributed by atoms with Crippen molar-refractivity contribution in [2.75, 3.05) is 65.0 Å². The molecule has 12 heteroatoms. The average Bonchev–Trinajstić information content (AvgIpc) is 3.45. The summed E-state index contributed by atoms with van der Waals surface area (Å²) >= 11 is 0. The summed E-state index contributed by atoms with van der Waals surface area (Å²) in [6.07, 6.45) is 0.788. The van der Waals surface area contributed by atoms with Crippen molar-refractivity contribution in [1.29, 1.82) is 0 Å². The van der Waals surface area contributed by atoms with Gasteiger partial charge in [0.15, 0.2) is 0 Å². The zero-order chi connectivity index (χ0) is 45.0. The number of fused-ring (bicyclic) bond motifs is 6. The van der Waals surface area contributed by atoms with Crippen molar-refractivity contribution in [2.24, 2.45) is 0 Å². The first kappa shape index (κ1) is 46.3. The number of rotatable bonds is 10. The van der Waals surface area contributed by atoms with Gasteiger partial charge in [-0.15, -0.1) is 0 Å². The molecule has 0 unspecified atom stereocenters. The van der Waals surface area contributed by atoms with Gasteiger partial charge in [-0.2, -0.15) is 0 Å². The molecule has 0 N–H and O–H groups in total. The van der Waals surface area contributed by atoms with Gasteiger partial charge in [-0.3, -0.25) is 0 Å². The lowest BCUT2D eigenvalue weighted by atomic mass is 9.84. The number of hydrogen-bond donors (Lipinski definition) is 0. The molecule has 0 aliphatic carbocycles. The molecule has 2 heterocycles. The fourth-order valence-corrected chi connectivity index (χ4v) is 10.3. The molecule has 0 amide bonds. The fraction of sp³-hybridized carbons (Fsp3) is 0.510. The molecule has 0 atom stereocenters. The lowest BCUT2D eigenvalue weighted by Crippen LogP contribution is -2.22. The highest BCUT2D eigenvalue weighted by Gasteiger charge is 2.29. The minimum absolute atomic E-state index is 0.245. The molecule has 332 valence electrons. The van der Waals surface area contributed by atoms with Gasteiger partial charge in [0.2, 0.25) is 0 Å². The largest absolute Gasteiger partial charge is 0.497 e. The molecule has 2 aromatic heterocycles. The Hall–Kier alpha value is -4.20. The van der Waals surface area contributed by atoms with E-state index in [2.05, 4.69) is 155 Å². The predicted molar refractivity (Wildman–Crippen MR) is 256 cm³/mol. The Morgan fingerprint density at radius 1 is 0.393 bits per heavy atom. The minimum atomic E-state index is -1.60. The van der Waals surface area contributed by atoms with Crippen LogP contribution >= 0.6 is 16.3 Å². The van der Waals surface area contributed by atoms with Gasteiger partial charge in [0.05, 0.1) is 28.4 Å². The molecule has 0 saturated heterocycles. The number of nitrogens with zero attached hydrogens (tertiary/aromatic N) is 2. The molecule has 6 aromatic rings. The smallest absolute Gasteiger partial charge is 0.309 e. The normalized spacial score (nSPS) is 12.9. The lowest BCUT2D eigenvalue weighted by molar-refractivity contribution is 0.413. The summed E-state index contributed by atoms with van der Waals surface area (Å²) in [5.74, 6) is 3.05. The highest BCUT2D eigenvalue weighted by Crippen LogP contribution is 2.48. The van der Waals surface area contributed by atoms with E-state index in [1.165, 1.54) is 0 Å². The van der Waals surface area contributed by atoms with Crippen LogP contribution in [0.4, 0.5) is 0 Å². The van der Waals surface area contributed by atoms with E-state index >= 15 is 0 Å². The molecular weight excluding hydrogens is 806 g/mol. The Morgan fingerprint density at radius 3 is 0.787 bits per heavy atom. The second kappa shape index (κ2) is 17.2. The van der Waals surface area contributed by atoms with Crippen molar-refractivity contribution in [3.8, 4) is 23.0 Å². The molecule has 6 rings (SSSR count). The highest BCUT2D eigenvalue weighted by molar-refractivity contribution is 7.39. The van der Waals surface area contributed by atoms with Gasteiger partial charge in [0.1, 0.15) is 45.3 Å². The summed E-state index contributed by atoms with van der Waals surface area (Å²) in [6, 6.07) is 16.6. The Balaban J connectivity index is 1.49. The van der Waals surface area contributed by atoms with Gasteiger partial charge in [-0.25, -0.2) is 9.34 Å². The third-order valence-corrected chi connectivity index (χ3v) is 14.1. The Labute approximate surface area is 364 Å².